The molecule has 0 saturated carbocycles. The zero-order valence-corrected chi connectivity index (χ0v) is 18.6. The van der Waals surface area contributed by atoms with Gasteiger partial charge in [-0.3, -0.25) is 19.5 Å². The molecule has 1 aromatic carbocycles. The van der Waals surface area contributed by atoms with Gasteiger partial charge < -0.3 is 20.0 Å². The lowest BCUT2D eigenvalue weighted by molar-refractivity contribution is -0.135. The first-order chi connectivity index (χ1) is 14.5. The summed E-state index contributed by atoms with van der Waals surface area (Å²) < 4.78 is 0. The number of aliphatic imine (C=N–C) groups is 1. The Labute approximate surface area is 183 Å². The summed E-state index contributed by atoms with van der Waals surface area (Å²) in [7, 11) is 1.75. The minimum Gasteiger partial charge on any atom is -0.355 e. The maximum Gasteiger partial charge on any atom is 0.242 e. The van der Waals surface area contributed by atoms with Crippen LogP contribution in [0.1, 0.15) is 12.5 Å². The van der Waals surface area contributed by atoms with Gasteiger partial charge in [0.2, 0.25) is 11.8 Å². The molecule has 1 aromatic rings. The van der Waals surface area contributed by atoms with E-state index in [1.54, 1.807) is 14.0 Å². The van der Waals surface area contributed by atoms with E-state index in [1.165, 1.54) is 0 Å². The average Bonchev–Trinajstić information content (AvgIpc) is 2.74. The molecule has 30 heavy (non-hydrogen) atoms. The molecule has 0 bridgehead atoms. The Balaban J connectivity index is 1.41. The standard InChI is InChI=1S/C21H31ClN6O2/c1-17(29)26-11-9-25(10-12-26)8-7-24-21(23-2)28-14-13-27(20(30)16-28)15-18-3-5-19(22)6-4-18/h3-6H,7-16H2,1-2H3,(H,23,24). The molecule has 2 amide bonds. The second kappa shape index (κ2) is 10.6. The number of rotatable bonds is 5. The molecular formula is C21H31ClN6O2. The third-order valence-corrected chi connectivity index (χ3v) is 5.90. The van der Waals surface area contributed by atoms with Gasteiger partial charge in [0.15, 0.2) is 5.96 Å². The molecule has 8 nitrogen and oxygen atoms in total. The number of carbonyl (C=O) groups is 2. The summed E-state index contributed by atoms with van der Waals surface area (Å²) in [5.74, 6) is 1.00. The van der Waals surface area contributed by atoms with Crippen LogP contribution in [-0.4, -0.2) is 103 Å². The van der Waals surface area contributed by atoms with Gasteiger partial charge in [0.1, 0.15) is 0 Å². The molecule has 0 aliphatic carbocycles. The number of nitrogens with zero attached hydrogens (tertiary/aromatic N) is 5. The van der Waals surface area contributed by atoms with Crippen LogP contribution in [0.3, 0.4) is 0 Å². The van der Waals surface area contributed by atoms with Gasteiger partial charge in [-0.15, -0.1) is 0 Å². The Bertz CT molecular complexity index is 761. The molecule has 3 rings (SSSR count). The van der Waals surface area contributed by atoms with E-state index in [0.29, 0.717) is 24.7 Å². The zero-order chi connectivity index (χ0) is 21.5. The van der Waals surface area contributed by atoms with Gasteiger partial charge in [-0.05, 0) is 17.7 Å². The van der Waals surface area contributed by atoms with Gasteiger partial charge in [-0.2, -0.15) is 0 Å². The van der Waals surface area contributed by atoms with Crippen molar-refractivity contribution < 1.29 is 9.59 Å². The van der Waals surface area contributed by atoms with E-state index >= 15 is 0 Å². The number of hydrogen-bond donors (Lipinski definition) is 1. The van der Waals surface area contributed by atoms with Gasteiger partial charge in [0, 0.05) is 77.9 Å². The number of piperazine rings is 2. The fraction of sp³-hybridized carbons (Fsp3) is 0.571. The van der Waals surface area contributed by atoms with Crippen molar-refractivity contribution in [1.29, 1.82) is 0 Å². The van der Waals surface area contributed by atoms with Crippen molar-refractivity contribution in [3.63, 3.8) is 0 Å². The Hall–Kier alpha value is -2.32. The predicted molar refractivity (Wildman–Crippen MR) is 118 cm³/mol. The second-order valence-electron chi connectivity index (χ2n) is 7.69. The highest BCUT2D eigenvalue weighted by atomic mass is 35.5. The fourth-order valence-electron chi connectivity index (χ4n) is 3.81. The molecular weight excluding hydrogens is 404 g/mol. The summed E-state index contributed by atoms with van der Waals surface area (Å²) in [6, 6.07) is 7.62. The number of nitrogens with one attached hydrogen (secondary N) is 1. The number of halogens is 1. The molecule has 164 valence electrons. The maximum absolute atomic E-state index is 12.6. The number of guanidine groups is 1. The molecule has 1 N–H and O–H groups in total. The Morgan fingerprint density at radius 2 is 1.73 bits per heavy atom. The smallest absolute Gasteiger partial charge is 0.242 e. The van der Waals surface area contributed by atoms with Crippen LogP contribution in [0.4, 0.5) is 0 Å². The molecule has 2 fully saturated rings. The van der Waals surface area contributed by atoms with Crippen LogP contribution in [0.25, 0.3) is 0 Å². The lowest BCUT2D eigenvalue weighted by Crippen LogP contribution is -2.56. The number of amides is 2. The van der Waals surface area contributed by atoms with Crippen molar-refractivity contribution in [1.82, 2.24) is 24.9 Å². The van der Waals surface area contributed by atoms with Crippen LogP contribution in [0.5, 0.6) is 0 Å². The Morgan fingerprint density at radius 1 is 1.07 bits per heavy atom. The summed E-state index contributed by atoms with van der Waals surface area (Å²) in [6.07, 6.45) is 0. The van der Waals surface area contributed by atoms with E-state index in [9.17, 15) is 9.59 Å². The van der Waals surface area contributed by atoms with Gasteiger partial charge in [0.05, 0.1) is 6.54 Å². The van der Waals surface area contributed by atoms with E-state index in [2.05, 4.69) is 15.2 Å². The van der Waals surface area contributed by atoms with Crippen molar-refractivity contribution in [3.05, 3.63) is 34.9 Å². The van der Waals surface area contributed by atoms with Crippen LogP contribution in [-0.2, 0) is 16.1 Å². The molecule has 2 heterocycles. The Morgan fingerprint density at radius 3 is 2.33 bits per heavy atom. The van der Waals surface area contributed by atoms with E-state index in [0.717, 1.165) is 57.3 Å². The topological polar surface area (TPSA) is 71.5 Å². The first-order valence-electron chi connectivity index (χ1n) is 10.4. The van der Waals surface area contributed by atoms with E-state index in [1.807, 2.05) is 39.0 Å². The predicted octanol–water partition coefficient (Wildman–Crippen LogP) is 0.724. The normalized spacial score (nSPS) is 18.7. The first-order valence-corrected chi connectivity index (χ1v) is 10.8. The molecule has 2 aliphatic rings. The van der Waals surface area contributed by atoms with Crippen LogP contribution in [0, 0.1) is 0 Å². The van der Waals surface area contributed by atoms with Crippen molar-refractivity contribution in [2.45, 2.75) is 13.5 Å². The van der Waals surface area contributed by atoms with Crippen LogP contribution in [0.15, 0.2) is 29.3 Å². The minimum atomic E-state index is 0.0968. The molecule has 0 aromatic heterocycles. The highest BCUT2D eigenvalue weighted by Crippen LogP contribution is 2.13. The van der Waals surface area contributed by atoms with Gasteiger partial charge in [-0.1, -0.05) is 23.7 Å². The molecule has 0 atom stereocenters. The van der Waals surface area contributed by atoms with Gasteiger partial charge in [0.25, 0.3) is 0 Å². The van der Waals surface area contributed by atoms with E-state index in [-0.39, 0.29) is 11.8 Å². The summed E-state index contributed by atoms with van der Waals surface area (Å²) in [4.78, 5) is 36.5. The lowest BCUT2D eigenvalue weighted by Gasteiger charge is -2.37. The third-order valence-electron chi connectivity index (χ3n) is 5.65. The summed E-state index contributed by atoms with van der Waals surface area (Å²) >= 11 is 5.94. The van der Waals surface area contributed by atoms with Crippen molar-refractivity contribution in [3.8, 4) is 0 Å². The van der Waals surface area contributed by atoms with Crippen molar-refractivity contribution in [2.24, 2.45) is 4.99 Å². The fourth-order valence-corrected chi connectivity index (χ4v) is 3.94. The molecule has 0 radical (unpaired) electrons. The van der Waals surface area contributed by atoms with E-state index in [4.69, 9.17) is 11.6 Å². The van der Waals surface area contributed by atoms with Gasteiger partial charge >= 0.3 is 0 Å². The lowest BCUT2D eigenvalue weighted by atomic mass is 10.2. The SMILES string of the molecule is CN=C(NCCN1CCN(C(C)=O)CC1)N1CCN(Cc2ccc(Cl)cc2)C(=O)C1. The monoisotopic (exact) mass is 434 g/mol. The summed E-state index contributed by atoms with van der Waals surface area (Å²) in [6.45, 7) is 8.95. The van der Waals surface area contributed by atoms with Crippen LogP contribution < -0.4 is 5.32 Å². The third kappa shape index (κ3) is 6.09. The van der Waals surface area contributed by atoms with Crippen molar-refractivity contribution in [2.75, 3.05) is 66.0 Å². The summed E-state index contributed by atoms with van der Waals surface area (Å²) in [5, 5.41) is 4.08. The largest absolute Gasteiger partial charge is 0.355 e. The minimum absolute atomic E-state index is 0.0968. The van der Waals surface area contributed by atoms with Crippen LogP contribution >= 0.6 is 11.6 Å². The number of benzene rings is 1. The molecule has 2 saturated heterocycles. The maximum atomic E-state index is 12.6. The van der Waals surface area contributed by atoms with Crippen molar-refractivity contribution >= 4 is 29.4 Å². The highest BCUT2D eigenvalue weighted by molar-refractivity contribution is 6.30. The molecule has 0 spiro atoms. The molecule has 9 heteroatoms. The average molecular weight is 435 g/mol. The molecule has 0 unspecified atom stereocenters. The number of hydrogen-bond acceptors (Lipinski definition) is 4. The van der Waals surface area contributed by atoms with E-state index < -0.39 is 0 Å². The second-order valence-corrected chi connectivity index (χ2v) is 8.12. The van der Waals surface area contributed by atoms with Crippen LogP contribution in [0.2, 0.25) is 5.02 Å². The molecule has 2 aliphatic heterocycles. The highest BCUT2D eigenvalue weighted by Gasteiger charge is 2.26. The number of carbonyl (C=O) groups excluding carboxylic acids is 2. The summed E-state index contributed by atoms with van der Waals surface area (Å²) in [5.41, 5.74) is 1.08. The zero-order valence-electron chi connectivity index (χ0n) is 17.8. The Kier molecular flexibility index (Phi) is 7.93. The quantitative estimate of drug-likeness (QED) is 0.546. The first kappa shape index (κ1) is 22.4. The van der Waals surface area contributed by atoms with Gasteiger partial charge in [-0.25, -0.2) is 0 Å².